The van der Waals surface area contributed by atoms with E-state index >= 15 is 0 Å². The Balaban J connectivity index is 1.96. The molecule has 0 N–H and O–H groups in total. The Morgan fingerprint density at radius 3 is 2.62 bits per heavy atom. The van der Waals surface area contributed by atoms with Crippen molar-refractivity contribution in [3.8, 4) is 11.3 Å². The molecule has 0 amide bonds. The van der Waals surface area contributed by atoms with Gasteiger partial charge in [-0.2, -0.15) is 0 Å². The van der Waals surface area contributed by atoms with Gasteiger partial charge < -0.3 is 9.47 Å². The van der Waals surface area contributed by atoms with E-state index in [9.17, 15) is 0 Å². The Labute approximate surface area is 125 Å². The highest BCUT2D eigenvalue weighted by atomic mass is 15.1. The van der Waals surface area contributed by atoms with Crippen LogP contribution in [0.25, 0.3) is 22.2 Å². The molecular formula is C19H20N2. The van der Waals surface area contributed by atoms with Gasteiger partial charge in [-0.15, -0.1) is 0 Å². The van der Waals surface area contributed by atoms with E-state index in [2.05, 4.69) is 72.1 Å². The molecule has 0 saturated heterocycles. The molecule has 0 saturated carbocycles. The van der Waals surface area contributed by atoms with Gasteiger partial charge in [0.15, 0.2) is 0 Å². The number of aromatic nitrogens is 1. The molecule has 21 heavy (non-hydrogen) atoms. The maximum Gasteiger partial charge on any atom is 0.0531 e. The highest BCUT2D eigenvalue weighted by Gasteiger charge is 2.25. The Morgan fingerprint density at radius 2 is 1.76 bits per heavy atom. The van der Waals surface area contributed by atoms with Gasteiger partial charge in [0, 0.05) is 29.6 Å². The van der Waals surface area contributed by atoms with Crippen molar-refractivity contribution in [2.45, 2.75) is 13.0 Å². The van der Waals surface area contributed by atoms with Gasteiger partial charge in [0.25, 0.3) is 0 Å². The third kappa shape index (κ3) is 1.90. The van der Waals surface area contributed by atoms with E-state index in [-0.39, 0.29) is 0 Å². The van der Waals surface area contributed by atoms with Crippen LogP contribution in [-0.4, -0.2) is 30.1 Å². The van der Waals surface area contributed by atoms with Crippen LogP contribution in [0.2, 0.25) is 0 Å². The average molecular weight is 276 g/mol. The number of hydrogen-bond donors (Lipinski definition) is 0. The van der Waals surface area contributed by atoms with Gasteiger partial charge in [-0.25, -0.2) is 0 Å². The lowest BCUT2D eigenvalue weighted by atomic mass is 10.0. The van der Waals surface area contributed by atoms with Crippen molar-refractivity contribution in [3.63, 3.8) is 0 Å². The molecule has 0 atom stereocenters. The summed E-state index contributed by atoms with van der Waals surface area (Å²) in [4.78, 5) is 2.26. The van der Waals surface area contributed by atoms with E-state index in [1.54, 1.807) is 0 Å². The fourth-order valence-electron chi connectivity index (χ4n) is 3.50. The summed E-state index contributed by atoms with van der Waals surface area (Å²) in [6, 6.07) is 17.7. The number of nitrogens with zero attached hydrogens (tertiary/aromatic N) is 2. The molecule has 1 aromatic heterocycles. The molecule has 0 fully saturated rings. The van der Waals surface area contributed by atoms with Gasteiger partial charge in [-0.05, 0) is 37.7 Å². The zero-order chi connectivity index (χ0) is 14.4. The van der Waals surface area contributed by atoms with Crippen molar-refractivity contribution in [1.29, 1.82) is 0 Å². The smallest absolute Gasteiger partial charge is 0.0531 e. The molecule has 0 spiro atoms. The third-order valence-corrected chi connectivity index (χ3v) is 4.49. The fourth-order valence-corrected chi connectivity index (χ4v) is 3.50. The van der Waals surface area contributed by atoms with Crippen LogP contribution < -0.4 is 0 Å². The zero-order valence-electron chi connectivity index (χ0n) is 12.6. The largest absolute Gasteiger partial charge is 0.336 e. The first-order chi connectivity index (χ1) is 10.3. The molecule has 1 aliphatic rings. The highest BCUT2D eigenvalue weighted by molar-refractivity contribution is 5.94. The second kappa shape index (κ2) is 4.74. The Bertz CT molecular complexity index is 812. The van der Waals surface area contributed by atoms with Gasteiger partial charge in [-0.3, -0.25) is 0 Å². The van der Waals surface area contributed by atoms with Gasteiger partial charge in [0.1, 0.15) is 0 Å². The second-order valence-corrected chi connectivity index (χ2v) is 6.14. The molecule has 0 unspecified atom stereocenters. The summed E-state index contributed by atoms with van der Waals surface area (Å²) < 4.78 is 2.49. The Morgan fingerprint density at radius 1 is 1.00 bits per heavy atom. The lowest BCUT2D eigenvalue weighted by Gasteiger charge is -2.10. The number of para-hydroxylation sites is 1. The van der Waals surface area contributed by atoms with Crippen LogP contribution in [-0.2, 0) is 13.0 Å². The van der Waals surface area contributed by atoms with Crippen LogP contribution in [0.1, 0.15) is 11.1 Å². The predicted molar refractivity (Wildman–Crippen MR) is 88.7 cm³/mol. The van der Waals surface area contributed by atoms with Crippen LogP contribution in [0.15, 0.2) is 48.5 Å². The first-order valence-electron chi connectivity index (χ1n) is 7.59. The molecule has 2 aromatic carbocycles. The summed E-state index contributed by atoms with van der Waals surface area (Å²) in [7, 11) is 4.29. The summed E-state index contributed by atoms with van der Waals surface area (Å²) >= 11 is 0. The van der Waals surface area contributed by atoms with Crippen LogP contribution in [0.3, 0.4) is 0 Å². The zero-order valence-corrected chi connectivity index (χ0v) is 12.6. The molecule has 4 rings (SSSR count). The van der Waals surface area contributed by atoms with Crippen molar-refractivity contribution in [1.82, 2.24) is 9.47 Å². The number of benzene rings is 2. The lowest BCUT2D eigenvalue weighted by molar-refractivity contribution is 0.414. The van der Waals surface area contributed by atoms with Crippen molar-refractivity contribution in [3.05, 3.63) is 59.7 Å². The minimum absolute atomic E-state index is 1.01. The standard InChI is InChI=1S/C19H20N2/c1-20(2)12-11-17-16-9-5-6-10-18(16)21-13-14-7-3-4-8-15(14)19(17)21/h3-10H,11-13H2,1-2H3. The number of rotatable bonds is 3. The highest BCUT2D eigenvalue weighted by Crippen LogP contribution is 2.41. The minimum atomic E-state index is 1.01. The van der Waals surface area contributed by atoms with Gasteiger partial charge in [0.05, 0.1) is 5.69 Å². The molecule has 2 heteroatoms. The fraction of sp³-hybridized carbons (Fsp3) is 0.263. The van der Waals surface area contributed by atoms with Gasteiger partial charge in [-0.1, -0.05) is 42.5 Å². The van der Waals surface area contributed by atoms with E-state index in [4.69, 9.17) is 0 Å². The Hall–Kier alpha value is -2.06. The summed E-state index contributed by atoms with van der Waals surface area (Å²) in [6.45, 7) is 2.09. The van der Waals surface area contributed by atoms with E-state index in [1.807, 2.05) is 0 Å². The first-order valence-corrected chi connectivity index (χ1v) is 7.59. The molecule has 1 aliphatic heterocycles. The SMILES string of the molecule is CN(C)CCc1c2n(c3ccccc13)Cc1ccccc1-2. The molecule has 2 heterocycles. The van der Waals surface area contributed by atoms with Crippen LogP contribution in [0.4, 0.5) is 0 Å². The van der Waals surface area contributed by atoms with E-state index < -0.39 is 0 Å². The predicted octanol–water partition coefficient (Wildman–Crippen LogP) is 3.77. The van der Waals surface area contributed by atoms with E-state index in [0.29, 0.717) is 0 Å². The van der Waals surface area contributed by atoms with Gasteiger partial charge >= 0.3 is 0 Å². The monoisotopic (exact) mass is 276 g/mol. The lowest BCUT2D eigenvalue weighted by Crippen LogP contribution is -2.15. The summed E-state index contributed by atoms with van der Waals surface area (Å²) in [5, 5.41) is 1.42. The number of hydrogen-bond acceptors (Lipinski definition) is 1. The second-order valence-electron chi connectivity index (χ2n) is 6.14. The van der Waals surface area contributed by atoms with Gasteiger partial charge in [0.2, 0.25) is 0 Å². The van der Waals surface area contributed by atoms with E-state index in [0.717, 1.165) is 19.5 Å². The summed E-state index contributed by atoms with van der Waals surface area (Å²) in [5.41, 5.74) is 7.18. The molecule has 3 aromatic rings. The van der Waals surface area contributed by atoms with Crippen LogP contribution >= 0.6 is 0 Å². The number of likely N-dealkylation sites (N-methyl/N-ethyl adjacent to an activating group) is 1. The van der Waals surface area contributed by atoms with Crippen molar-refractivity contribution >= 4 is 10.9 Å². The molecule has 0 bridgehead atoms. The third-order valence-electron chi connectivity index (χ3n) is 4.49. The molecular weight excluding hydrogens is 256 g/mol. The normalized spacial score (nSPS) is 12.9. The van der Waals surface area contributed by atoms with Crippen LogP contribution in [0.5, 0.6) is 0 Å². The van der Waals surface area contributed by atoms with Crippen LogP contribution in [0, 0.1) is 0 Å². The molecule has 0 aliphatic carbocycles. The van der Waals surface area contributed by atoms with Crippen molar-refractivity contribution in [2.75, 3.05) is 20.6 Å². The molecule has 0 radical (unpaired) electrons. The first kappa shape index (κ1) is 12.7. The number of fused-ring (bicyclic) bond motifs is 5. The Kier molecular flexibility index (Phi) is 2.86. The summed E-state index contributed by atoms with van der Waals surface area (Å²) in [5.74, 6) is 0. The molecule has 106 valence electrons. The molecule has 2 nitrogen and oxygen atoms in total. The maximum atomic E-state index is 2.49. The quantitative estimate of drug-likeness (QED) is 0.553. The van der Waals surface area contributed by atoms with Crippen molar-refractivity contribution in [2.24, 2.45) is 0 Å². The maximum absolute atomic E-state index is 2.49. The summed E-state index contributed by atoms with van der Waals surface area (Å²) in [6.07, 6.45) is 1.10. The minimum Gasteiger partial charge on any atom is -0.336 e. The van der Waals surface area contributed by atoms with E-state index in [1.165, 1.54) is 33.3 Å². The topological polar surface area (TPSA) is 8.17 Å². The average Bonchev–Trinajstić information content (AvgIpc) is 3.00. The van der Waals surface area contributed by atoms with Crippen molar-refractivity contribution < 1.29 is 0 Å².